The van der Waals surface area contributed by atoms with E-state index < -0.39 is 0 Å². The Balaban J connectivity index is 1.56. The first-order valence-electron chi connectivity index (χ1n) is 8.96. The van der Waals surface area contributed by atoms with Crippen LogP contribution in [0.25, 0.3) is 0 Å². The van der Waals surface area contributed by atoms with Crippen LogP contribution in [0.15, 0.2) is 18.3 Å². The van der Waals surface area contributed by atoms with Crippen molar-refractivity contribution in [3.8, 4) is 0 Å². The minimum absolute atomic E-state index is 0.0330. The highest BCUT2D eigenvalue weighted by Crippen LogP contribution is 2.24. The van der Waals surface area contributed by atoms with Gasteiger partial charge in [0.2, 0.25) is 5.91 Å². The maximum Gasteiger partial charge on any atom is 0.222 e. The van der Waals surface area contributed by atoms with Gasteiger partial charge >= 0.3 is 0 Å². The number of carbonyl (C=O) groups is 1. The summed E-state index contributed by atoms with van der Waals surface area (Å²) in [5.74, 6) is 0.886. The van der Waals surface area contributed by atoms with Gasteiger partial charge in [-0.25, -0.2) is 4.98 Å². The number of nitrogens with zero attached hydrogens (tertiary/aromatic N) is 2. The molecule has 1 aromatic heterocycles. The first kappa shape index (κ1) is 16.2. The summed E-state index contributed by atoms with van der Waals surface area (Å²) in [5.41, 5.74) is 6.76. The number of nitrogens with two attached hydrogens (primary N) is 1. The second-order valence-corrected chi connectivity index (χ2v) is 6.85. The maximum absolute atomic E-state index is 11.7. The highest BCUT2D eigenvalue weighted by molar-refractivity contribution is 5.77. The molecule has 3 rings (SSSR count). The fraction of sp³-hybridized carbons (Fsp3) is 0.667. The van der Waals surface area contributed by atoms with Crippen molar-refractivity contribution < 1.29 is 4.79 Å². The lowest BCUT2D eigenvalue weighted by molar-refractivity contribution is -0.122. The summed E-state index contributed by atoms with van der Waals surface area (Å²) in [7, 11) is 0. The second-order valence-electron chi connectivity index (χ2n) is 6.85. The van der Waals surface area contributed by atoms with Gasteiger partial charge in [-0.2, -0.15) is 0 Å². The molecule has 5 nitrogen and oxygen atoms in total. The third kappa shape index (κ3) is 4.22. The molecular formula is C18H28N4O. The monoisotopic (exact) mass is 316 g/mol. The van der Waals surface area contributed by atoms with Crippen molar-refractivity contribution in [3.05, 3.63) is 23.9 Å². The number of anilines is 1. The molecule has 126 valence electrons. The normalized spacial score (nSPS) is 25.3. The Labute approximate surface area is 138 Å². The Morgan fingerprint density at radius 2 is 1.96 bits per heavy atom. The van der Waals surface area contributed by atoms with Gasteiger partial charge in [0.05, 0.1) is 5.92 Å². The van der Waals surface area contributed by atoms with Crippen molar-refractivity contribution in [1.82, 2.24) is 10.3 Å². The lowest BCUT2D eigenvalue weighted by Crippen LogP contribution is -2.41. The zero-order valence-electron chi connectivity index (χ0n) is 13.8. The van der Waals surface area contributed by atoms with Crippen LogP contribution >= 0.6 is 0 Å². The number of aromatic nitrogens is 1. The van der Waals surface area contributed by atoms with E-state index in [1.807, 2.05) is 6.20 Å². The molecule has 2 aliphatic rings. The van der Waals surface area contributed by atoms with E-state index in [9.17, 15) is 4.79 Å². The molecule has 0 bridgehead atoms. The molecule has 1 saturated carbocycles. The molecule has 1 amide bonds. The van der Waals surface area contributed by atoms with Gasteiger partial charge < -0.3 is 16.0 Å². The maximum atomic E-state index is 11.7. The number of amides is 1. The van der Waals surface area contributed by atoms with Gasteiger partial charge in [0, 0.05) is 31.9 Å². The van der Waals surface area contributed by atoms with Gasteiger partial charge in [-0.15, -0.1) is 0 Å². The van der Waals surface area contributed by atoms with Crippen LogP contribution in [0, 0.1) is 5.92 Å². The van der Waals surface area contributed by atoms with Gasteiger partial charge in [-0.3, -0.25) is 4.79 Å². The zero-order valence-corrected chi connectivity index (χ0v) is 13.8. The number of rotatable bonds is 5. The topological polar surface area (TPSA) is 71.2 Å². The smallest absolute Gasteiger partial charge is 0.222 e. The van der Waals surface area contributed by atoms with Crippen molar-refractivity contribution in [1.29, 1.82) is 0 Å². The van der Waals surface area contributed by atoms with Gasteiger partial charge in [0.15, 0.2) is 0 Å². The Hall–Kier alpha value is -1.62. The van der Waals surface area contributed by atoms with E-state index in [2.05, 4.69) is 27.3 Å². The molecule has 2 fully saturated rings. The number of carbonyl (C=O) groups excluding carboxylic acids is 1. The molecule has 23 heavy (non-hydrogen) atoms. The predicted molar refractivity (Wildman–Crippen MR) is 92.1 cm³/mol. The van der Waals surface area contributed by atoms with Crippen LogP contribution in [0.4, 0.5) is 5.82 Å². The zero-order chi connectivity index (χ0) is 16.1. The van der Waals surface area contributed by atoms with Crippen LogP contribution < -0.4 is 16.0 Å². The lowest BCUT2D eigenvalue weighted by atomic mass is 9.94. The average Bonchev–Trinajstić information content (AvgIpc) is 2.99. The molecule has 1 aliphatic heterocycles. The minimum Gasteiger partial charge on any atom is -0.369 e. The molecule has 0 unspecified atom stereocenters. The Morgan fingerprint density at radius 1 is 1.17 bits per heavy atom. The molecule has 0 spiro atoms. The lowest BCUT2D eigenvalue weighted by Gasteiger charge is -2.24. The molecule has 5 heteroatoms. The first-order valence-corrected chi connectivity index (χ1v) is 8.96. The SMILES string of the molecule is NC(=O)[C@H]1CCCCC[C@H]1NCc1ccc(N2CCCC2)nc1. The van der Waals surface area contributed by atoms with E-state index in [4.69, 9.17) is 5.73 Å². The fourth-order valence-corrected chi connectivity index (χ4v) is 3.80. The second kappa shape index (κ2) is 7.77. The number of nitrogens with one attached hydrogen (secondary N) is 1. The number of primary amides is 1. The number of pyridine rings is 1. The van der Waals surface area contributed by atoms with Crippen molar-refractivity contribution in [2.45, 2.75) is 57.5 Å². The Bertz CT molecular complexity index is 510. The number of hydrogen-bond donors (Lipinski definition) is 2. The predicted octanol–water partition coefficient (Wildman–Crippen LogP) is 2.21. The van der Waals surface area contributed by atoms with E-state index in [0.717, 1.165) is 44.7 Å². The summed E-state index contributed by atoms with van der Waals surface area (Å²) >= 11 is 0. The van der Waals surface area contributed by atoms with Gasteiger partial charge in [0.1, 0.15) is 5.82 Å². The number of hydrogen-bond acceptors (Lipinski definition) is 4. The summed E-state index contributed by atoms with van der Waals surface area (Å²) < 4.78 is 0. The summed E-state index contributed by atoms with van der Waals surface area (Å²) in [6, 6.07) is 4.46. The Morgan fingerprint density at radius 3 is 2.65 bits per heavy atom. The molecule has 1 saturated heterocycles. The molecular weight excluding hydrogens is 288 g/mol. The molecule has 2 heterocycles. The summed E-state index contributed by atoms with van der Waals surface area (Å²) in [4.78, 5) is 18.6. The molecule has 1 aliphatic carbocycles. The van der Waals surface area contributed by atoms with E-state index in [0.29, 0.717) is 0 Å². The molecule has 1 aromatic rings. The molecule has 3 N–H and O–H groups in total. The quantitative estimate of drug-likeness (QED) is 0.817. The van der Waals surface area contributed by atoms with Crippen LogP contribution in [0.3, 0.4) is 0 Å². The van der Waals surface area contributed by atoms with E-state index in [1.165, 1.54) is 31.2 Å². The summed E-state index contributed by atoms with van der Waals surface area (Å²) in [6.45, 7) is 2.99. The van der Waals surface area contributed by atoms with E-state index in [1.54, 1.807) is 0 Å². The molecule has 0 radical (unpaired) electrons. The fourth-order valence-electron chi connectivity index (χ4n) is 3.80. The molecule has 0 aromatic carbocycles. The van der Waals surface area contributed by atoms with E-state index in [-0.39, 0.29) is 17.9 Å². The van der Waals surface area contributed by atoms with Crippen LogP contribution in [0.1, 0.15) is 50.5 Å². The third-order valence-electron chi connectivity index (χ3n) is 5.19. The molecule has 2 atom stereocenters. The van der Waals surface area contributed by atoms with Gasteiger partial charge in [-0.05, 0) is 37.3 Å². The van der Waals surface area contributed by atoms with Crippen molar-refractivity contribution in [2.24, 2.45) is 11.7 Å². The van der Waals surface area contributed by atoms with Gasteiger partial charge in [-0.1, -0.05) is 25.3 Å². The standard InChI is InChI=1S/C18H28N4O/c19-18(23)15-6-2-1-3-7-16(15)20-12-14-8-9-17(21-13-14)22-10-4-5-11-22/h8-9,13,15-16,20H,1-7,10-12H2,(H2,19,23)/t15-,16+/m0/s1. The highest BCUT2D eigenvalue weighted by atomic mass is 16.1. The average molecular weight is 316 g/mol. The van der Waals surface area contributed by atoms with Crippen molar-refractivity contribution in [3.63, 3.8) is 0 Å². The largest absolute Gasteiger partial charge is 0.369 e. The highest BCUT2D eigenvalue weighted by Gasteiger charge is 2.27. The minimum atomic E-state index is -0.160. The van der Waals surface area contributed by atoms with E-state index >= 15 is 0 Å². The van der Waals surface area contributed by atoms with Crippen molar-refractivity contribution in [2.75, 3.05) is 18.0 Å². The van der Waals surface area contributed by atoms with Crippen LogP contribution in [0.5, 0.6) is 0 Å². The van der Waals surface area contributed by atoms with Crippen LogP contribution in [-0.2, 0) is 11.3 Å². The summed E-state index contributed by atoms with van der Waals surface area (Å²) in [6.07, 6.45) is 9.92. The Kier molecular flexibility index (Phi) is 5.49. The van der Waals surface area contributed by atoms with Crippen molar-refractivity contribution >= 4 is 11.7 Å². The van der Waals surface area contributed by atoms with Crippen LogP contribution in [0.2, 0.25) is 0 Å². The van der Waals surface area contributed by atoms with Crippen LogP contribution in [-0.4, -0.2) is 30.0 Å². The third-order valence-corrected chi connectivity index (χ3v) is 5.19. The summed E-state index contributed by atoms with van der Waals surface area (Å²) in [5, 5.41) is 3.54. The first-order chi connectivity index (χ1) is 11.2. The van der Waals surface area contributed by atoms with Gasteiger partial charge in [0.25, 0.3) is 0 Å².